The predicted molar refractivity (Wildman–Crippen MR) is 84.9 cm³/mol. The quantitative estimate of drug-likeness (QED) is 0.875. The number of anilines is 1. The summed E-state index contributed by atoms with van der Waals surface area (Å²) in [5.74, 6) is 0. The molecule has 0 aliphatic rings. The van der Waals surface area contributed by atoms with Crippen molar-refractivity contribution in [1.82, 2.24) is 4.90 Å². The van der Waals surface area contributed by atoms with Crippen LogP contribution in [0, 0.1) is 6.92 Å². The van der Waals surface area contributed by atoms with Gasteiger partial charge in [0.2, 0.25) is 0 Å². The van der Waals surface area contributed by atoms with Crippen LogP contribution in [0.1, 0.15) is 29.0 Å². The average molecular weight is 274 g/mol. The molecule has 0 aliphatic carbocycles. The van der Waals surface area contributed by atoms with Crippen molar-refractivity contribution in [1.29, 1.82) is 0 Å². The highest BCUT2D eigenvalue weighted by atomic mass is 32.1. The maximum atomic E-state index is 3.59. The Hall–Kier alpha value is -1.32. The first kappa shape index (κ1) is 14.1. The smallest absolute Gasteiger partial charge is 0.0581 e. The standard InChI is InChI=1S/C16H22N2S/c1-12-8-9-19-16(12)13(2)17-15-7-5-6-14(10-15)11-18(3)4/h5-10,13,17H,11H2,1-4H3. The van der Waals surface area contributed by atoms with Crippen molar-refractivity contribution in [2.45, 2.75) is 26.4 Å². The first-order valence-corrected chi connectivity index (χ1v) is 7.48. The van der Waals surface area contributed by atoms with Crippen LogP contribution < -0.4 is 5.32 Å². The molecule has 0 bridgehead atoms. The van der Waals surface area contributed by atoms with Gasteiger partial charge in [0, 0.05) is 17.1 Å². The van der Waals surface area contributed by atoms with Gasteiger partial charge in [0.25, 0.3) is 0 Å². The van der Waals surface area contributed by atoms with E-state index in [1.54, 1.807) is 0 Å². The third-order valence-corrected chi connectivity index (χ3v) is 4.31. The number of nitrogens with zero attached hydrogens (tertiary/aromatic N) is 1. The van der Waals surface area contributed by atoms with E-state index in [2.05, 4.69) is 73.9 Å². The lowest BCUT2D eigenvalue weighted by Gasteiger charge is -2.16. The zero-order chi connectivity index (χ0) is 13.8. The lowest BCUT2D eigenvalue weighted by atomic mass is 10.1. The van der Waals surface area contributed by atoms with E-state index >= 15 is 0 Å². The summed E-state index contributed by atoms with van der Waals surface area (Å²) in [5.41, 5.74) is 3.90. The summed E-state index contributed by atoms with van der Waals surface area (Å²) in [6.45, 7) is 5.37. The molecule has 0 saturated carbocycles. The average Bonchev–Trinajstić information content (AvgIpc) is 2.75. The Morgan fingerprint density at radius 3 is 2.68 bits per heavy atom. The van der Waals surface area contributed by atoms with Crippen molar-refractivity contribution in [3.8, 4) is 0 Å². The summed E-state index contributed by atoms with van der Waals surface area (Å²) >= 11 is 1.82. The normalized spacial score (nSPS) is 12.7. The maximum absolute atomic E-state index is 3.59. The van der Waals surface area contributed by atoms with Gasteiger partial charge in [0.15, 0.2) is 0 Å². The van der Waals surface area contributed by atoms with E-state index in [1.807, 2.05) is 11.3 Å². The zero-order valence-electron chi connectivity index (χ0n) is 12.1. The van der Waals surface area contributed by atoms with Crippen LogP contribution >= 0.6 is 11.3 Å². The summed E-state index contributed by atoms with van der Waals surface area (Å²) in [5, 5.41) is 5.75. The van der Waals surface area contributed by atoms with Crippen molar-refractivity contribution in [2.24, 2.45) is 0 Å². The third kappa shape index (κ3) is 3.82. The first-order valence-electron chi connectivity index (χ1n) is 6.60. The Bertz CT molecular complexity index is 531. The minimum absolute atomic E-state index is 0.356. The Kier molecular flexibility index (Phi) is 4.61. The van der Waals surface area contributed by atoms with Gasteiger partial charge in [-0.3, -0.25) is 0 Å². The molecule has 0 aliphatic heterocycles. The molecular weight excluding hydrogens is 252 g/mol. The molecule has 1 N–H and O–H groups in total. The fourth-order valence-corrected chi connectivity index (χ4v) is 3.20. The van der Waals surface area contributed by atoms with E-state index in [0.717, 1.165) is 6.54 Å². The van der Waals surface area contributed by atoms with Crippen LogP contribution in [-0.4, -0.2) is 19.0 Å². The van der Waals surface area contributed by atoms with Crippen LogP contribution in [0.25, 0.3) is 0 Å². The lowest BCUT2D eigenvalue weighted by molar-refractivity contribution is 0.402. The van der Waals surface area contributed by atoms with Crippen LogP contribution in [0.3, 0.4) is 0 Å². The van der Waals surface area contributed by atoms with E-state index in [-0.39, 0.29) is 0 Å². The van der Waals surface area contributed by atoms with Gasteiger partial charge in [-0.15, -0.1) is 11.3 Å². The molecule has 1 aromatic carbocycles. The number of rotatable bonds is 5. The molecule has 2 rings (SSSR count). The second-order valence-corrected chi connectivity index (χ2v) is 6.22. The van der Waals surface area contributed by atoms with Crippen molar-refractivity contribution in [3.05, 3.63) is 51.7 Å². The Morgan fingerprint density at radius 1 is 1.26 bits per heavy atom. The number of nitrogens with one attached hydrogen (secondary N) is 1. The largest absolute Gasteiger partial charge is 0.378 e. The van der Waals surface area contributed by atoms with Gasteiger partial charge in [0.1, 0.15) is 0 Å². The maximum Gasteiger partial charge on any atom is 0.0581 e. The number of thiophene rings is 1. The summed E-state index contributed by atoms with van der Waals surface area (Å²) < 4.78 is 0. The van der Waals surface area contributed by atoms with Crippen molar-refractivity contribution >= 4 is 17.0 Å². The zero-order valence-corrected chi connectivity index (χ0v) is 12.9. The molecule has 1 aromatic heterocycles. The highest BCUT2D eigenvalue weighted by molar-refractivity contribution is 7.10. The van der Waals surface area contributed by atoms with Crippen molar-refractivity contribution < 1.29 is 0 Å². The summed E-state index contributed by atoms with van der Waals surface area (Å²) in [7, 11) is 4.19. The van der Waals surface area contributed by atoms with Crippen LogP contribution in [0.4, 0.5) is 5.69 Å². The topological polar surface area (TPSA) is 15.3 Å². The fourth-order valence-electron chi connectivity index (χ4n) is 2.27. The summed E-state index contributed by atoms with van der Waals surface area (Å²) in [6.07, 6.45) is 0. The molecule has 3 heteroatoms. The van der Waals surface area contributed by atoms with Crippen LogP contribution in [0.2, 0.25) is 0 Å². The highest BCUT2D eigenvalue weighted by Crippen LogP contribution is 2.27. The van der Waals surface area contributed by atoms with Gasteiger partial charge in [-0.2, -0.15) is 0 Å². The number of hydrogen-bond donors (Lipinski definition) is 1. The van der Waals surface area contributed by atoms with E-state index in [4.69, 9.17) is 0 Å². The summed E-state index contributed by atoms with van der Waals surface area (Å²) in [4.78, 5) is 3.60. The second-order valence-electron chi connectivity index (χ2n) is 5.27. The van der Waals surface area contributed by atoms with E-state index in [1.165, 1.54) is 21.7 Å². The molecule has 0 spiro atoms. The van der Waals surface area contributed by atoms with E-state index in [0.29, 0.717) is 6.04 Å². The minimum Gasteiger partial charge on any atom is -0.378 e. The Balaban J connectivity index is 2.09. The Labute approximate surface area is 120 Å². The first-order chi connectivity index (χ1) is 9.06. The highest BCUT2D eigenvalue weighted by Gasteiger charge is 2.09. The molecule has 0 fully saturated rings. The van der Waals surface area contributed by atoms with E-state index < -0.39 is 0 Å². The summed E-state index contributed by atoms with van der Waals surface area (Å²) in [6, 6.07) is 11.2. The van der Waals surface area contributed by atoms with Crippen LogP contribution in [0.5, 0.6) is 0 Å². The molecule has 0 amide bonds. The lowest BCUT2D eigenvalue weighted by Crippen LogP contribution is -2.11. The van der Waals surface area contributed by atoms with Crippen molar-refractivity contribution in [3.63, 3.8) is 0 Å². The van der Waals surface area contributed by atoms with Crippen LogP contribution in [-0.2, 0) is 6.54 Å². The molecule has 102 valence electrons. The number of hydrogen-bond acceptors (Lipinski definition) is 3. The number of aryl methyl sites for hydroxylation is 1. The molecule has 2 nitrogen and oxygen atoms in total. The van der Waals surface area contributed by atoms with E-state index in [9.17, 15) is 0 Å². The number of benzene rings is 1. The van der Waals surface area contributed by atoms with Gasteiger partial charge in [-0.05, 0) is 62.6 Å². The minimum atomic E-state index is 0.356. The van der Waals surface area contributed by atoms with Gasteiger partial charge in [-0.25, -0.2) is 0 Å². The SMILES string of the molecule is Cc1ccsc1C(C)Nc1cccc(CN(C)C)c1. The molecule has 1 heterocycles. The van der Waals surface area contributed by atoms with Gasteiger partial charge in [-0.1, -0.05) is 12.1 Å². The third-order valence-electron chi connectivity index (χ3n) is 3.10. The predicted octanol–water partition coefficient (Wildman–Crippen LogP) is 4.29. The molecule has 0 radical (unpaired) electrons. The monoisotopic (exact) mass is 274 g/mol. The van der Waals surface area contributed by atoms with Crippen molar-refractivity contribution in [2.75, 3.05) is 19.4 Å². The molecular formula is C16H22N2S. The van der Waals surface area contributed by atoms with Crippen LogP contribution in [0.15, 0.2) is 35.7 Å². The molecule has 1 atom stereocenters. The van der Waals surface area contributed by atoms with Gasteiger partial charge >= 0.3 is 0 Å². The molecule has 1 unspecified atom stereocenters. The fraction of sp³-hybridized carbons (Fsp3) is 0.375. The Morgan fingerprint density at radius 2 is 2.05 bits per heavy atom. The van der Waals surface area contributed by atoms with Gasteiger partial charge in [0.05, 0.1) is 6.04 Å². The molecule has 2 aromatic rings. The van der Waals surface area contributed by atoms with Gasteiger partial charge < -0.3 is 10.2 Å². The molecule has 0 saturated heterocycles. The second kappa shape index (κ2) is 6.22. The molecule has 19 heavy (non-hydrogen) atoms.